The lowest BCUT2D eigenvalue weighted by atomic mass is 9.88. The molecule has 86 valence electrons. The molecule has 1 aromatic carbocycles. The van der Waals surface area contributed by atoms with E-state index in [4.69, 9.17) is 0 Å². The van der Waals surface area contributed by atoms with Crippen LogP contribution in [-0.4, -0.2) is 28.7 Å². The van der Waals surface area contributed by atoms with Gasteiger partial charge in [-0.05, 0) is 36.5 Å². The first-order chi connectivity index (χ1) is 7.66. The van der Waals surface area contributed by atoms with E-state index >= 15 is 0 Å². The summed E-state index contributed by atoms with van der Waals surface area (Å²) in [6, 6.07) is 8.42. The van der Waals surface area contributed by atoms with Gasteiger partial charge in [-0.25, -0.2) is 0 Å². The van der Waals surface area contributed by atoms with Crippen LogP contribution in [0, 0.1) is 5.92 Å². The smallest absolute Gasteiger partial charge is 0.0928 e. The van der Waals surface area contributed by atoms with Crippen molar-refractivity contribution in [1.29, 1.82) is 0 Å². The molecule has 0 atom stereocenters. The zero-order valence-corrected chi connectivity index (χ0v) is 10.8. The summed E-state index contributed by atoms with van der Waals surface area (Å²) in [4.78, 5) is 2.32. The van der Waals surface area contributed by atoms with Gasteiger partial charge in [0.1, 0.15) is 0 Å². The molecule has 2 fully saturated rings. The van der Waals surface area contributed by atoms with Crippen LogP contribution in [0.4, 0.5) is 0 Å². The van der Waals surface area contributed by atoms with Crippen LogP contribution in [0.15, 0.2) is 28.7 Å². The molecular weight excluding hydrogens is 266 g/mol. The van der Waals surface area contributed by atoms with Crippen LogP contribution in [0.2, 0.25) is 0 Å². The number of rotatable bonds is 3. The highest BCUT2D eigenvalue weighted by molar-refractivity contribution is 9.10. The van der Waals surface area contributed by atoms with Crippen LogP contribution in [0.1, 0.15) is 18.4 Å². The Morgan fingerprint density at radius 3 is 2.44 bits per heavy atom. The number of β-amino-alcohol motifs (C(OH)–C–C–N with tert-alkyl or cyclic N) is 1. The molecule has 1 saturated carbocycles. The number of likely N-dealkylation sites (tertiary alicyclic amines) is 1. The van der Waals surface area contributed by atoms with E-state index in [2.05, 4.69) is 45.1 Å². The number of aliphatic hydroxyl groups is 1. The van der Waals surface area contributed by atoms with E-state index in [9.17, 15) is 5.11 Å². The Morgan fingerprint density at radius 1 is 1.25 bits per heavy atom. The summed E-state index contributed by atoms with van der Waals surface area (Å²) in [5, 5.41) is 10.2. The molecule has 1 saturated heterocycles. The third-order valence-electron chi connectivity index (χ3n) is 3.65. The molecule has 1 aliphatic carbocycles. The molecule has 0 radical (unpaired) electrons. The van der Waals surface area contributed by atoms with Crippen LogP contribution < -0.4 is 0 Å². The predicted molar refractivity (Wildman–Crippen MR) is 67.1 cm³/mol. The summed E-state index contributed by atoms with van der Waals surface area (Å²) in [5.41, 5.74) is 0.969. The molecule has 2 aliphatic rings. The standard InChI is InChI=1S/C13H16BrNO/c14-12-5-1-10(2-6-12)7-15-8-13(16,9-15)11-3-4-11/h1-2,5-6,11,16H,3-4,7-9H2. The summed E-state index contributed by atoms with van der Waals surface area (Å²) in [7, 11) is 0. The number of hydrogen-bond donors (Lipinski definition) is 1. The summed E-state index contributed by atoms with van der Waals surface area (Å²) in [6.45, 7) is 2.67. The molecule has 0 amide bonds. The maximum atomic E-state index is 10.2. The quantitative estimate of drug-likeness (QED) is 0.920. The van der Waals surface area contributed by atoms with Gasteiger partial charge in [-0.15, -0.1) is 0 Å². The van der Waals surface area contributed by atoms with Gasteiger partial charge in [0.2, 0.25) is 0 Å². The van der Waals surface area contributed by atoms with E-state index in [0.717, 1.165) is 24.1 Å². The van der Waals surface area contributed by atoms with Gasteiger partial charge in [0.25, 0.3) is 0 Å². The highest BCUT2D eigenvalue weighted by Crippen LogP contribution is 2.44. The van der Waals surface area contributed by atoms with Crippen molar-refractivity contribution >= 4 is 15.9 Å². The Balaban J connectivity index is 1.55. The average Bonchev–Trinajstić information content (AvgIpc) is 3.02. The van der Waals surface area contributed by atoms with Crippen molar-refractivity contribution in [2.75, 3.05) is 13.1 Å². The second-order valence-corrected chi connectivity index (χ2v) is 6.07. The van der Waals surface area contributed by atoms with Gasteiger partial charge in [-0.1, -0.05) is 28.1 Å². The molecule has 0 aromatic heterocycles. The van der Waals surface area contributed by atoms with Gasteiger partial charge >= 0.3 is 0 Å². The van der Waals surface area contributed by atoms with Crippen molar-refractivity contribution in [3.63, 3.8) is 0 Å². The first-order valence-electron chi connectivity index (χ1n) is 5.85. The van der Waals surface area contributed by atoms with Crippen LogP contribution in [-0.2, 0) is 6.54 Å². The third kappa shape index (κ3) is 2.04. The minimum absolute atomic E-state index is 0.352. The number of nitrogens with zero attached hydrogens (tertiary/aromatic N) is 1. The second-order valence-electron chi connectivity index (χ2n) is 5.15. The zero-order valence-electron chi connectivity index (χ0n) is 9.19. The number of halogens is 1. The number of benzene rings is 1. The van der Waals surface area contributed by atoms with Crippen LogP contribution in [0.5, 0.6) is 0 Å². The SMILES string of the molecule is OC1(C2CC2)CN(Cc2ccc(Br)cc2)C1. The fourth-order valence-electron chi connectivity index (χ4n) is 2.57. The van der Waals surface area contributed by atoms with Crippen LogP contribution in [0.3, 0.4) is 0 Å². The molecular formula is C13H16BrNO. The molecule has 2 nitrogen and oxygen atoms in total. The average molecular weight is 282 g/mol. The van der Waals surface area contributed by atoms with E-state index in [1.54, 1.807) is 0 Å². The van der Waals surface area contributed by atoms with Gasteiger partial charge in [0.15, 0.2) is 0 Å². The molecule has 1 N–H and O–H groups in total. The normalized spacial score (nSPS) is 24.1. The Kier molecular flexibility index (Phi) is 2.57. The third-order valence-corrected chi connectivity index (χ3v) is 4.18. The van der Waals surface area contributed by atoms with Crippen LogP contribution in [0.25, 0.3) is 0 Å². The molecule has 3 heteroatoms. The fraction of sp³-hybridized carbons (Fsp3) is 0.538. The van der Waals surface area contributed by atoms with E-state index in [-0.39, 0.29) is 5.60 Å². The molecule has 3 rings (SSSR count). The highest BCUT2D eigenvalue weighted by atomic mass is 79.9. The monoisotopic (exact) mass is 281 g/mol. The maximum absolute atomic E-state index is 10.2. The summed E-state index contributed by atoms with van der Waals surface area (Å²) in [5.74, 6) is 0.591. The molecule has 16 heavy (non-hydrogen) atoms. The van der Waals surface area contributed by atoms with E-state index < -0.39 is 0 Å². The van der Waals surface area contributed by atoms with Gasteiger partial charge < -0.3 is 5.11 Å². The lowest BCUT2D eigenvalue weighted by Crippen LogP contribution is -2.62. The lowest BCUT2D eigenvalue weighted by Gasteiger charge is -2.47. The van der Waals surface area contributed by atoms with Gasteiger partial charge in [-0.3, -0.25) is 4.90 Å². The molecule has 1 aliphatic heterocycles. The van der Waals surface area contributed by atoms with Crippen molar-refractivity contribution in [1.82, 2.24) is 4.90 Å². The Labute approximate surface area is 104 Å². The second kappa shape index (κ2) is 3.83. The maximum Gasteiger partial charge on any atom is 0.0928 e. The summed E-state index contributed by atoms with van der Waals surface area (Å²) >= 11 is 3.43. The molecule has 0 spiro atoms. The van der Waals surface area contributed by atoms with Crippen molar-refractivity contribution in [3.05, 3.63) is 34.3 Å². The summed E-state index contributed by atoms with van der Waals surface area (Å²) < 4.78 is 1.12. The van der Waals surface area contributed by atoms with Crippen molar-refractivity contribution in [2.24, 2.45) is 5.92 Å². The van der Waals surface area contributed by atoms with Gasteiger partial charge in [0, 0.05) is 24.1 Å². The van der Waals surface area contributed by atoms with Gasteiger partial charge in [0.05, 0.1) is 5.60 Å². The topological polar surface area (TPSA) is 23.5 Å². The first-order valence-corrected chi connectivity index (χ1v) is 6.64. The minimum Gasteiger partial charge on any atom is -0.387 e. The zero-order chi connectivity index (χ0) is 11.2. The largest absolute Gasteiger partial charge is 0.387 e. The predicted octanol–water partition coefficient (Wildman–Crippen LogP) is 2.41. The Bertz CT molecular complexity index is 379. The highest BCUT2D eigenvalue weighted by Gasteiger charge is 2.51. The lowest BCUT2D eigenvalue weighted by molar-refractivity contribution is -0.116. The molecule has 0 bridgehead atoms. The van der Waals surface area contributed by atoms with E-state index in [1.165, 1.54) is 18.4 Å². The first kappa shape index (κ1) is 10.8. The van der Waals surface area contributed by atoms with Crippen LogP contribution >= 0.6 is 15.9 Å². The van der Waals surface area contributed by atoms with Crippen molar-refractivity contribution in [3.8, 4) is 0 Å². The van der Waals surface area contributed by atoms with Crippen molar-refractivity contribution < 1.29 is 5.11 Å². The minimum atomic E-state index is -0.352. The van der Waals surface area contributed by atoms with Crippen molar-refractivity contribution in [2.45, 2.75) is 25.0 Å². The molecule has 1 heterocycles. The van der Waals surface area contributed by atoms with E-state index in [1.807, 2.05) is 0 Å². The van der Waals surface area contributed by atoms with E-state index in [0.29, 0.717) is 5.92 Å². The fourth-order valence-corrected chi connectivity index (χ4v) is 2.83. The number of hydrogen-bond acceptors (Lipinski definition) is 2. The molecule has 0 unspecified atom stereocenters. The Morgan fingerprint density at radius 2 is 1.88 bits per heavy atom. The Hall–Kier alpha value is -0.380. The summed E-state index contributed by atoms with van der Waals surface area (Å²) in [6.07, 6.45) is 2.45. The van der Waals surface area contributed by atoms with Gasteiger partial charge in [-0.2, -0.15) is 0 Å². The molecule has 1 aromatic rings.